The Morgan fingerprint density at radius 2 is 2.00 bits per heavy atom. The number of anilines is 2. The van der Waals surface area contributed by atoms with Crippen LogP contribution in [-0.2, 0) is 4.79 Å². The Hall–Kier alpha value is -2.96. The number of pyridine rings is 1. The van der Waals surface area contributed by atoms with Crippen molar-refractivity contribution in [1.82, 2.24) is 4.98 Å². The Morgan fingerprint density at radius 3 is 2.64 bits per heavy atom. The summed E-state index contributed by atoms with van der Waals surface area (Å²) in [5.41, 5.74) is 6.94. The first-order chi connectivity index (χ1) is 13.4. The number of carbonyl (C=O) groups excluding carboxylic acids is 2. The molecule has 4 rings (SSSR count). The molecule has 2 heterocycles. The smallest absolute Gasteiger partial charge is 0.267 e. The first-order valence-corrected chi connectivity index (χ1v) is 9.49. The minimum absolute atomic E-state index is 0.0322. The molecular formula is C21H23FN4O2. The third-order valence-electron chi connectivity index (χ3n) is 5.70. The number of aromatic nitrogens is 1. The second kappa shape index (κ2) is 6.89. The van der Waals surface area contributed by atoms with Crippen molar-refractivity contribution in [3.63, 3.8) is 0 Å². The normalized spacial score (nSPS) is 23.8. The van der Waals surface area contributed by atoms with Crippen LogP contribution >= 0.6 is 0 Å². The third kappa shape index (κ3) is 3.21. The van der Waals surface area contributed by atoms with E-state index in [0.29, 0.717) is 17.3 Å². The number of nitrogens with zero attached hydrogens (tertiary/aromatic N) is 2. The van der Waals surface area contributed by atoms with Gasteiger partial charge in [-0.15, -0.1) is 0 Å². The van der Waals surface area contributed by atoms with Gasteiger partial charge in [0.15, 0.2) is 0 Å². The second-order valence-electron chi connectivity index (χ2n) is 7.67. The first kappa shape index (κ1) is 18.4. The Balaban J connectivity index is 1.78. The van der Waals surface area contributed by atoms with E-state index in [1.54, 1.807) is 31.2 Å². The molecule has 2 aliphatic rings. The largest absolute Gasteiger partial charge is 0.364 e. The number of nitrogens with one attached hydrogen (secondary N) is 1. The molecule has 2 amide bonds. The van der Waals surface area contributed by atoms with Gasteiger partial charge in [0, 0.05) is 30.1 Å². The number of fused-ring (bicyclic) bond motifs is 1. The SMILES string of the molecule is CC(=O)N1c2ccc(F)cc2[C@H](Nc2cccc(C(N)=O)n2)[C@@H](C)[C@@H]1C1CC1. The molecule has 0 bridgehead atoms. The van der Waals surface area contributed by atoms with Gasteiger partial charge in [0.25, 0.3) is 5.91 Å². The summed E-state index contributed by atoms with van der Waals surface area (Å²) in [6.45, 7) is 3.63. The van der Waals surface area contributed by atoms with Gasteiger partial charge in [0.2, 0.25) is 5.91 Å². The molecule has 1 saturated carbocycles. The van der Waals surface area contributed by atoms with Crippen LogP contribution in [0.2, 0.25) is 0 Å². The van der Waals surface area contributed by atoms with Crippen molar-refractivity contribution in [2.24, 2.45) is 17.6 Å². The lowest BCUT2D eigenvalue weighted by Gasteiger charge is -2.45. The Kier molecular flexibility index (Phi) is 4.53. The number of halogens is 1. The monoisotopic (exact) mass is 382 g/mol. The highest BCUT2D eigenvalue weighted by Gasteiger charge is 2.47. The van der Waals surface area contributed by atoms with Gasteiger partial charge in [-0.3, -0.25) is 9.59 Å². The average Bonchev–Trinajstić information content (AvgIpc) is 3.48. The van der Waals surface area contributed by atoms with Crippen LogP contribution < -0.4 is 16.0 Å². The number of hydrogen-bond acceptors (Lipinski definition) is 4. The molecule has 0 spiro atoms. The van der Waals surface area contributed by atoms with Crippen LogP contribution in [0.15, 0.2) is 36.4 Å². The lowest BCUT2D eigenvalue weighted by molar-refractivity contribution is -0.117. The van der Waals surface area contributed by atoms with Crippen molar-refractivity contribution >= 4 is 23.3 Å². The number of carbonyl (C=O) groups is 2. The number of benzene rings is 1. The summed E-state index contributed by atoms with van der Waals surface area (Å²) in [6, 6.07) is 9.33. The maximum absolute atomic E-state index is 14.1. The fourth-order valence-corrected chi connectivity index (χ4v) is 4.35. The lowest BCUT2D eigenvalue weighted by Crippen LogP contribution is -2.51. The molecule has 6 nitrogen and oxygen atoms in total. The van der Waals surface area contributed by atoms with Gasteiger partial charge in [0.05, 0.1) is 6.04 Å². The van der Waals surface area contributed by atoms with Gasteiger partial charge in [-0.1, -0.05) is 13.0 Å². The zero-order valence-corrected chi connectivity index (χ0v) is 15.9. The van der Waals surface area contributed by atoms with E-state index in [4.69, 9.17) is 5.73 Å². The quantitative estimate of drug-likeness (QED) is 0.850. The molecule has 3 N–H and O–H groups in total. The molecule has 3 atom stereocenters. The lowest BCUT2D eigenvalue weighted by atomic mass is 9.80. The predicted octanol–water partition coefficient (Wildman–Crippen LogP) is 3.25. The highest BCUT2D eigenvalue weighted by molar-refractivity contribution is 5.94. The van der Waals surface area contributed by atoms with Crippen LogP contribution in [0.3, 0.4) is 0 Å². The van der Waals surface area contributed by atoms with Gasteiger partial charge in [0.1, 0.15) is 17.3 Å². The predicted molar refractivity (Wildman–Crippen MR) is 104 cm³/mol. The van der Waals surface area contributed by atoms with Crippen LogP contribution in [0, 0.1) is 17.7 Å². The molecule has 2 aromatic rings. The van der Waals surface area contributed by atoms with Crippen molar-refractivity contribution in [2.75, 3.05) is 10.2 Å². The van der Waals surface area contributed by atoms with Crippen molar-refractivity contribution in [3.05, 3.63) is 53.5 Å². The van der Waals surface area contributed by atoms with E-state index >= 15 is 0 Å². The van der Waals surface area contributed by atoms with Crippen LogP contribution in [0.25, 0.3) is 0 Å². The van der Waals surface area contributed by atoms with Crippen molar-refractivity contribution < 1.29 is 14.0 Å². The molecule has 28 heavy (non-hydrogen) atoms. The van der Waals surface area contributed by atoms with Crippen molar-refractivity contribution in [2.45, 2.75) is 38.8 Å². The van der Waals surface area contributed by atoms with Crippen LogP contribution in [0.4, 0.5) is 15.9 Å². The fraction of sp³-hybridized carbons (Fsp3) is 0.381. The molecule has 1 aliphatic carbocycles. The summed E-state index contributed by atoms with van der Waals surface area (Å²) in [5, 5.41) is 3.36. The molecule has 0 radical (unpaired) electrons. The number of nitrogens with two attached hydrogens (primary N) is 1. The van der Waals surface area contributed by atoms with Gasteiger partial charge in [-0.25, -0.2) is 9.37 Å². The van der Waals surface area contributed by atoms with E-state index < -0.39 is 5.91 Å². The van der Waals surface area contributed by atoms with Gasteiger partial charge in [-0.2, -0.15) is 0 Å². The summed E-state index contributed by atoms with van der Waals surface area (Å²) in [7, 11) is 0. The maximum Gasteiger partial charge on any atom is 0.267 e. The van der Waals surface area contributed by atoms with E-state index in [-0.39, 0.29) is 35.4 Å². The Bertz CT molecular complexity index is 944. The minimum atomic E-state index is -0.606. The van der Waals surface area contributed by atoms with Crippen molar-refractivity contribution in [1.29, 1.82) is 0 Å². The first-order valence-electron chi connectivity index (χ1n) is 9.49. The van der Waals surface area contributed by atoms with Crippen LogP contribution in [-0.4, -0.2) is 22.8 Å². The molecule has 0 saturated heterocycles. The van der Waals surface area contributed by atoms with E-state index in [0.717, 1.165) is 18.5 Å². The number of primary amides is 1. The minimum Gasteiger partial charge on any atom is -0.364 e. The van der Waals surface area contributed by atoms with Gasteiger partial charge >= 0.3 is 0 Å². The third-order valence-corrected chi connectivity index (χ3v) is 5.70. The van der Waals surface area contributed by atoms with Crippen LogP contribution in [0.5, 0.6) is 0 Å². The zero-order valence-electron chi connectivity index (χ0n) is 15.9. The molecule has 0 unspecified atom stereocenters. The number of rotatable bonds is 4. The summed E-state index contributed by atoms with van der Waals surface area (Å²) >= 11 is 0. The van der Waals surface area contributed by atoms with Crippen LogP contribution in [0.1, 0.15) is 48.8 Å². The van der Waals surface area contributed by atoms with E-state index in [1.165, 1.54) is 12.1 Å². The highest BCUT2D eigenvalue weighted by Crippen LogP contribution is 2.50. The Morgan fingerprint density at radius 1 is 1.25 bits per heavy atom. The second-order valence-corrected chi connectivity index (χ2v) is 7.67. The molecule has 1 aromatic heterocycles. The summed E-state index contributed by atoms with van der Waals surface area (Å²) in [6.07, 6.45) is 2.16. The molecule has 7 heteroatoms. The topological polar surface area (TPSA) is 88.3 Å². The highest BCUT2D eigenvalue weighted by atomic mass is 19.1. The molecule has 146 valence electrons. The summed E-state index contributed by atoms with van der Waals surface area (Å²) < 4.78 is 14.1. The standard InChI is InChI=1S/C21H23FN4O2/c1-11-19(25-18-5-3-4-16(24-18)21(23)28)15-10-14(22)8-9-17(15)26(12(2)27)20(11)13-6-7-13/h3-5,8-11,13,19-20H,6-7H2,1-2H3,(H2,23,28)(H,24,25)/t11-,19-,20-/m1/s1. The fourth-order valence-electron chi connectivity index (χ4n) is 4.35. The van der Waals surface area contributed by atoms with E-state index in [9.17, 15) is 14.0 Å². The average molecular weight is 382 g/mol. The van der Waals surface area contributed by atoms with Crippen molar-refractivity contribution in [3.8, 4) is 0 Å². The van der Waals surface area contributed by atoms with Gasteiger partial charge < -0.3 is 16.0 Å². The molecule has 1 aliphatic heterocycles. The molecular weight excluding hydrogens is 359 g/mol. The maximum atomic E-state index is 14.1. The van der Waals surface area contributed by atoms with Gasteiger partial charge in [-0.05, 0) is 49.1 Å². The molecule has 1 aromatic carbocycles. The Labute approximate surface area is 162 Å². The van der Waals surface area contributed by atoms with E-state index in [2.05, 4.69) is 17.2 Å². The number of hydrogen-bond donors (Lipinski definition) is 2. The molecule has 1 fully saturated rings. The number of amides is 2. The van der Waals surface area contributed by atoms with E-state index in [1.807, 2.05) is 4.90 Å². The summed E-state index contributed by atoms with van der Waals surface area (Å²) in [5.74, 6) is -0.0375. The zero-order chi connectivity index (χ0) is 20.0. The summed E-state index contributed by atoms with van der Waals surface area (Å²) in [4.78, 5) is 30.0.